The number of carbonyl (C=O) groups is 1. The fraction of sp³-hybridized carbons (Fsp3) is 0.176. The second-order valence-corrected chi connectivity index (χ2v) is 7.55. The molecule has 1 amide bonds. The highest BCUT2D eigenvalue weighted by molar-refractivity contribution is 7.13. The van der Waals surface area contributed by atoms with Gasteiger partial charge in [-0.05, 0) is 24.4 Å². The van der Waals surface area contributed by atoms with E-state index in [4.69, 9.17) is 0 Å². The van der Waals surface area contributed by atoms with E-state index in [0.717, 1.165) is 16.3 Å². The number of aromatic nitrogens is 5. The molecule has 4 heterocycles. The summed E-state index contributed by atoms with van der Waals surface area (Å²) in [7, 11) is 0. The number of hydrogen-bond acceptors (Lipinski definition) is 6. The van der Waals surface area contributed by atoms with E-state index in [9.17, 15) is 4.79 Å². The van der Waals surface area contributed by atoms with Crippen LogP contribution >= 0.6 is 22.7 Å². The van der Waals surface area contributed by atoms with E-state index < -0.39 is 0 Å². The Bertz CT molecular complexity index is 1010. The monoisotopic (exact) mass is 384 g/mol. The van der Waals surface area contributed by atoms with Crippen LogP contribution in [0.3, 0.4) is 0 Å². The zero-order chi connectivity index (χ0) is 17.9. The zero-order valence-electron chi connectivity index (χ0n) is 14.0. The Morgan fingerprint density at radius 3 is 2.96 bits per heavy atom. The fourth-order valence-electron chi connectivity index (χ4n) is 2.56. The quantitative estimate of drug-likeness (QED) is 0.553. The lowest BCUT2D eigenvalue weighted by Crippen LogP contribution is -2.21. The van der Waals surface area contributed by atoms with E-state index in [2.05, 4.69) is 20.5 Å². The van der Waals surface area contributed by atoms with Crippen LogP contribution in [0, 0.1) is 6.92 Å². The Labute approximate surface area is 157 Å². The normalized spacial score (nSPS) is 11.0. The highest BCUT2D eigenvalue weighted by Gasteiger charge is 2.12. The third kappa shape index (κ3) is 3.58. The molecule has 0 atom stereocenters. The van der Waals surface area contributed by atoms with Crippen molar-refractivity contribution in [1.29, 1.82) is 0 Å². The van der Waals surface area contributed by atoms with Gasteiger partial charge in [-0.25, -0.2) is 9.67 Å². The molecule has 4 aromatic heterocycles. The van der Waals surface area contributed by atoms with Crippen LogP contribution in [-0.2, 0) is 17.9 Å². The number of amides is 1. The van der Waals surface area contributed by atoms with Crippen LogP contribution in [0.1, 0.15) is 10.6 Å². The number of hydrogen-bond donors (Lipinski definition) is 1. The van der Waals surface area contributed by atoms with Gasteiger partial charge >= 0.3 is 0 Å². The van der Waals surface area contributed by atoms with Gasteiger partial charge in [0.25, 0.3) is 0 Å². The lowest BCUT2D eigenvalue weighted by molar-refractivity contribution is -0.116. The minimum Gasteiger partial charge on any atom is -0.309 e. The topological polar surface area (TPSA) is 77.6 Å². The summed E-state index contributed by atoms with van der Waals surface area (Å²) in [6.45, 7) is 2.73. The van der Waals surface area contributed by atoms with Crippen molar-refractivity contribution < 1.29 is 4.79 Å². The molecule has 132 valence electrons. The van der Waals surface area contributed by atoms with Gasteiger partial charge in [-0.2, -0.15) is 10.2 Å². The average molecular weight is 384 g/mol. The molecule has 4 aromatic rings. The molecule has 0 saturated heterocycles. The number of thiazole rings is 1. The zero-order valence-corrected chi connectivity index (χ0v) is 15.6. The Balaban J connectivity index is 1.41. The van der Waals surface area contributed by atoms with Gasteiger partial charge in [-0.3, -0.25) is 9.48 Å². The van der Waals surface area contributed by atoms with Crippen LogP contribution in [-0.4, -0.2) is 30.5 Å². The molecule has 7 nitrogen and oxygen atoms in total. The first-order chi connectivity index (χ1) is 12.7. The summed E-state index contributed by atoms with van der Waals surface area (Å²) < 4.78 is 3.41. The largest absolute Gasteiger partial charge is 0.309 e. The van der Waals surface area contributed by atoms with E-state index in [1.165, 1.54) is 4.88 Å². The van der Waals surface area contributed by atoms with E-state index in [1.54, 1.807) is 56.0 Å². The van der Waals surface area contributed by atoms with E-state index in [-0.39, 0.29) is 12.5 Å². The van der Waals surface area contributed by atoms with Crippen molar-refractivity contribution in [2.75, 3.05) is 5.32 Å². The molecule has 0 aliphatic carbocycles. The van der Waals surface area contributed by atoms with Gasteiger partial charge in [0.2, 0.25) is 5.91 Å². The van der Waals surface area contributed by atoms with Gasteiger partial charge in [0, 0.05) is 17.1 Å². The summed E-state index contributed by atoms with van der Waals surface area (Å²) in [5.41, 5.74) is 3.58. The molecule has 4 rings (SSSR count). The van der Waals surface area contributed by atoms with Gasteiger partial charge in [-0.1, -0.05) is 6.07 Å². The van der Waals surface area contributed by atoms with Gasteiger partial charge in [0.1, 0.15) is 18.1 Å². The van der Waals surface area contributed by atoms with E-state index >= 15 is 0 Å². The molecule has 0 bridgehead atoms. The molecule has 0 aliphatic heterocycles. The average Bonchev–Trinajstić information content (AvgIpc) is 3.37. The molecular weight excluding hydrogens is 368 g/mol. The minimum absolute atomic E-state index is 0.141. The Morgan fingerprint density at radius 2 is 2.19 bits per heavy atom. The summed E-state index contributed by atoms with van der Waals surface area (Å²) in [6, 6.07) is 7.74. The van der Waals surface area contributed by atoms with Crippen molar-refractivity contribution in [1.82, 2.24) is 24.5 Å². The molecule has 9 heteroatoms. The number of nitrogens with zero attached hydrogens (tertiary/aromatic N) is 5. The van der Waals surface area contributed by atoms with Crippen molar-refractivity contribution in [2.45, 2.75) is 20.0 Å². The minimum atomic E-state index is -0.145. The van der Waals surface area contributed by atoms with Gasteiger partial charge in [-0.15, -0.1) is 22.7 Å². The van der Waals surface area contributed by atoms with Crippen LogP contribution < -0.4 is 5.32 Å². The number of aryl methyl sites for hydroxylation is 1. The molecular formula is C17H16N6OS2. The lowest BCUT2D eigenvalue weighted by Gasteiger charge is -2.08. The Morgan fingerprint density at radius 1 is 1.27 bits per heavy atom. The predicted octanol–water partition coefficient (Wildman–Crippen LogP) is 3.26. The third-order valence-corrected chi connectivity index (χ3v) is 5.61. The highest BCUT2D eigenvalue weighted by atomic mass is 32.1. The standard InChI is InChI=1S/C17H16N6OS2/c1-12-17(26-11-18-12)14-5-7-22(21-14)10-16(24)20-15-4-6-19-23(15)9-13-3-2-8-25-13/h2-8,11H,9-10H2,1H3,(H,20,24). The number of nitrogens with one attached hydrogen (secondary N) is 1. The maximum Gasteiger partial charge on any atom is 0.247 e. The number of thiophene rings is 1. The maximum absolute atomic E-state index is 12.4. The molecule has 26 heavy (non-hydrogen) atoms. The summed E-state index contributed by atoms with van der Waals surface area (Å²) in [4.78, 5) is 18.8. The van der Waals surface area contributed by atoms with Crippen LogP contribution in [0.4, 0.5) is 5.82 Å². The molecule has 0 radical (unpaired) electrons. The van der Waals surface area contributed by atoms with Crippen molar-refractivity contribution in [3.8, 4) is 10.6 Å². The highest BCUT2D eigenvalue weighted by Crippen LogP contribution is 2.25. The SMILES string of the molecule is Cc1ncsc1-c1ccn(CC(=O)Nc2ccnn2Cc2cccs2)n1. The first kappa shape index (κ1) is 16.7. The van der Waals surface area contributed by atoms with E-state index in [1.807, 2.05) is 30.5 Å². The summed E-state index contributed by atoms with van der Waals surface area (Å²) in [5, 5.41) is 13.7. The molecule has 0 fully saturated rings. The third-order valence-electron chi connectivity index (χ3n) is 3.79. The summed E-state index contributed by atoms with van der Waals surface area (Å²) in [6.07, 6.45) is 3.48. The van der Waals surface area contributed by atoms with Gasteiger partial charge in [0.15, 0.2) is 0 Å². The Kier molecular flexibility index (Phi) is 4.63. The molecule has 0 saturated carbocycles. The van der Waals surface area contributed by atoms with Crippen molar-refractivity contribution in [3.63, 3.8) is 0 Å². The molecule has 0 spiro atoms. The summed E-state index contributed by atoms with van der Waals surface area (Å²) in [5.74, 6) is 0.530. The number of rotatable bonds is 6. The summed E-state index contributed by atoms with van der Waals surface area (Å²) >= 11 is 3.21. The second kappa shape index (κ2) is 7.22. The van der Waals surface area contributed by atoms with Crippen molar-refractivity contribution in [2.24, 2.45) is 0 Å². The second-order valence-electron chi connectivity index (χ2n) is 5.67. The fourth-order valence-corrected chi connectivity index (χ4v) is 4.02. The van der Waals surface area contributed by atoms with Gasteiger partial charge < -0.3 is 5.32 Å². The number of carbonyl (C=O) groups excluding carboxylic acids is 1. The van der Waals surface area contributed by atoms with Crippen molar-refractivity contribution in [3.05, 3.63) is 58.1 Å². The number of anilines is 1. The lowest BCUT2D eigenvalue weighted by atomic mass is 10.3. The molecule has 0 unspecified atom stereocenters. The predicted molar refractivity (Wildman–Crippen MR) is 102 cm³/mol. The molecule has 1 N–H and O–H groups in total. The Hall–Kier alpha value is -2.78. The van der Waals surface area contributed by atoms with Crippen LogP contribution in [0.5, 0.6) is 0 Å². The smallest absolute Gasteiger partial charge is 0.247 e. The maximum atomic E-state index is 12.4. The van der Waals surface area contributed by atoms with E-state index in [0.29, 0.717) is 12.4 Å². The van der Waals surface area contributed by atoms with Crippen LogP contribution in [0.2, 0.25) is 0 Å². The van der Waals surface area contributed by atoms with Crippen LogP contribution in [0.25, 0.3) is 10.6 Å². The first-order valence-electron chi connectivity index (χ1n) is 7.97. The van der Waals surface area contributed by atoms with Gasteiger partial charge in [0.05, 0.1) is 28.8 Å². The molecule has 0 aromatic carbocycles. The molecule has 0 aliphatic rings. The van der Waals surface area contributed by atoms with Crippen molar-refractivity contribution >= 4 is 34.4 Å². The first-order valence-corrected chi connectivity index (χ1v) is 9.73. The van der Waals surface area contributed by atoms with Crippen LogP contribution in [0.15, 0.2) is 47.5 Å².